The molecule has 4 nitrogen and oxygen atoms in total. The van der Waals surface area contributed by atoms with E-state index in [2.05, 4.69) is 42.5 Å². The van der Waals surface area contributed by atoms with Gasteiger partial charge in [0.25, 0.3) is 0 Å². The highest BCUT2D eigenvalue weighted by Gasteiger charge is 2.06. The number of hydrogen-bond donors (Lipinski definition) is 2. The van der Waals surface area contributed by atoms with Gasteiger partial charge in [-0.15, -0.1) is 11.8 Å². The molecule has 0 saturated heterocycles. The fourth-order valence-corrected chi connectivity index (χ4v) is 3.06. The molecular formula is C17H16Br2N2O2S. The number of amides is 2. The van der Waals surface area contributed by atoms with E-state index < -0.39 is 0 Å². The van der Waals surface area contributed by atoms with Crippen LogP contribution in [0, 0.1) is 0 Å². The van der Waals surface area contributed by atoms with Gasteiger partial charge in [-0.1, -0.05) is 31.9 Å². The summed E-state index contributed by atoms with van der Waals surface area (Å²) >= 11 is 8.17. The topological polar surface area (TPSA) is 58.2 Å². The van der Waals surface area contributed by atoms with Crippen molar-refractivity contribution in [3.63, 3.8) is 0 Å². The molecule has 0 radical (unpaired) electrons. The molecule has 0 aliphatic heterocycles. The predicted octanol–water partition coefficient (Wildman–Crippen LogP) is 4.45. The van der Waals surface area contributed by atoms with Gasteiger partial charge in [-0.05, 0) is 48.5 Å². The second-order valence-electron chi connectivity index (χ2n) is 4.90. The van der Waals surface area contributed by atoms with Crippen molar-refractivity contribution in [1.29, 1.82) is 0 Å². The fourth-order valence-electron chi connectivity index (χ4n) is 1.80. The molecule has 0 saturated carbocycles. The Morgan fingerprint density at radius 1 is 0.875 bits per heavy atom. The minimum atomic E-state index is -0.127. The second-order valence-corrected chi connectivity index (χ2v) is 7.78. The Morgan fingerprint density at radius 2 is 1.46 bits per heavy atom. The minimum Gasteiger partial charge on any atom is -0.355 e. The summed E-state index contributed by atoms with van der Waals surface area (Å²) in [5.41, 5.74) is 0.736. The maximum atomic E-state index is 11.8. The zero-order valence-corrected chi connectivity index (χ0v) is 16.7. The van der Waals surface area contributed by atoms with E-state index in [1.807, 2.05) is 48.5 Å². The predicted molar refractivity (Wildman–Crippen MR) is 105 cm³/mol. The van der Waals surface area contributed by atoms with Gasteiger partial charge in [0.15, 0.2) is 0 Å². The third-order valence-electron chi connectivity index (χ3n) is 2.99. The van der Waals surface area contributed by atoms with Gasteiger partial charge in [0.2, 0.25) is 11.8 Å². The Balaban J connectivity index is 1.63. The van der Waals surface area contributed by atoms with Gasteiger partial charge in [-0.2, -0.15) is 0 Å². The fraction of sp³-hybridized carbons (Fsp3) is 0.176. The van der Waals surface area contributed by atoms with Crippen molar-refractivity contribution in [2.75, 3.05) is 17.6 Å². The summed E-state index contributed by atoms with van der Waals surface area (Å²) in [6.45, 7) is 0.322. The van der Waals surface area contributed by atoms with Crippen LogP contribution in [0.25, 0.3) is 0 Å². The Hall–Kier alpha value is -1.31. The van der Waals surface area contributed by atoms with Crippen LogP contribution in [0.15, 0.2) is 62.4 Å². The summed E-state index contributed by atoms with van der Waals surface area (Å²) in [5, 5.41) is 5.54. The summed E-state index contributed by atoms with van der Waals surface area (Å²) in [6, 6.07) is 15.1. The van der Waals surface area contributed by atoms with E-state index >= 15 is 0 Å². The number of thioether (sulfide) groups is 1. The highest BCUT2D eigenvalue weighted by Crippen LogP contribution is 2.20. The van der Waals surface area contributed by atoms with E-state index in [4.69, 9.17) is 0 Å². The minimum absolute atomic E-state index is 0.0839. The van der Waals surface area contributed by atoms with Gasteiger partial charge in [-0.3, -0.25) is 9.59 Å². The summed E-state index contributed by atoms with van der Waals surface area (Å²) in [7, 11) is 0. The lowest BCUT2D eigenvalue weighted by atomic mass is 10.3. The standard InChI is InChI=1S/C17H16Br2N2O2S/c18-12-1-5-14(6-2-12)21-16(22)9-10-20-17(23)11-24-15-7-3-13(19)4-8-15/h1-8H,9-11H2,(H,20,23)(H,21,22). The molecule has 2 amide bonds. The third kappa shape index (κ3) is 7.07. The van der Waals surface area contributed by atoms with Gasteiger partial charge in [0, 0.05) is 32.5 Å². The molecule has 0 spiro atoms. The molecule has 0 heterocycles. The van der Waals surface area contributed by atoms with E-state index in [1.165, 1.54) is 11.8 Å². The van der Waals surface area contributed by atoms with Crippen LogP contribution in [-0.2, 0) is 9.59 Å². The average Bonchev–Trinajstić information content (AvgIpc) is 2.56. The van der Waals surface area contributed by atoms with E-state index in [1.54, 1.807) is 0 Å². The number of rotatable bonds is 7. The molecule has 0 atom stereocenters. The monoisotopic (exact) mass is 470 g/mol. The number of nitrogens with one attached hydrogen (secondary N) is 2. The molecule has 2 aromatic rings. The van der Waals surface area contributed by atoms with E-state index in [-0.39, 0.29) is 18.2 Å². The van der Waals surface area contributed by atoms with Crippen LogP contribution in [0.5, 0.6) is 0 Å². The maximum Gasteiger partial charge on any atom is 0.230 e. The molecule has 0 aliphatic carbocycles. The quantitative estimate of drug-likeness (QED) is 0.586. The number of hydrogen-bond acceptors (Lipinski definition) is 3. The van der Waals surface area contributed by atoms with Crippen molar-refractivity contribution in [2.45, 2.75) is 11.3 Å². The molecular weight excluding hydrogens is 456 g/mol. The van der Waals surface area contributed by atoms with Crippen molar-refractivity contribution in [3.05, 3.63) is 57.5 Å². The summed E-state index contributed by atoms with van der Waals surface area (Å²) < 4.78 is 1.96. The van der Waals surface area contributed by atoms with Crippen LogP contribution in [-0.4, -0.2) is 24.1 Å². The van der Waals surface area contributed by atoms with Crippen molar-refractivity contribution in [3.8, 4) is 0 Å². The van der Waals surface area contributed by atoms with E-state index in [0.29, 0.717) is 12.3 Å². The van der Waals surface area contributed by atoms with Gasteiger partial charge in [-0.25, -0.2) is 0 Å². The number of halogens is 2. The van der Waals surface area contributed by atoms with Crippen molar-refractivity contribution in [2.24, 2.45) is 0 Å². The molecule has 7 heteroatoms. The van der Waals surface area contributed by atoms with Crippen LogP contribution >= 0.6 is 43.6 Å². The zero-order chi connectivity index (χ0) is 17.4. The second kappa shape index (κ2) is 9.86. The molecule has 0 aromatic heterocycles. The summed E-state index contributed by atoms with van der Waals surface area (Å²) in [6.07, 6.45) is 0.241. The third-order valence-corrected chi connectivity index (χ3v) is 5.06. The first-order chi connectivity index (χ1) is 11.5. The molecule has 126 valence electrons. The number of carbonyl (C=O) groups excluding carboxylic acids is 2. The number of benzene rings is 2. The highest BCUT2D eigenvalue weighted by atomic mass is 79.9. The SMILES string of the molecule is O=C(CSc1ccc(Br)cc1)NCCC(=O)Nc1ccc(Br)cc1. The normalized spacial score (nSPS) is 10.2. The lowest BCUT2D eigenvalue weighted by Gasteiger charge is -2.07. The Labute approximate surface area is 162 Å². The molecule has 0 aliphatic rings. The van der Waals surface area contributed by atoms with Gasteiger partial charge in [0.1, 0.15) is 0 Å². The highest BCUT2D eigenvalue weighted by molar-refractivity contribution is 9.10. The van der Waals surface area contributed by atoms with Gasteiger partial charge in [0.05, 0.1) is 5.75 Å². The first kappa shape index (κ1) is 19.0. The lowest BCUT2D eigenvalue weighted by Crippen LogP contribution is -2.28. The molecule has 2 aromatic carbocycles. The molecule has 0 fully saturated rings. The van der Waals surface area contributed by atoms with Crippen LogP contribution in [0.3, 0.4) is 0 Å². The zero-order valence-electron chi connectivity index (χ0n) is 12.7. The first-order valence-corrected chi connectivity index (χ1v) is 9.80. The Bertz CT molecular complexity index is 691. The Kier molecular flexibility index (Phi) is 7.81. The summed E-state index contributed by atoms with van der Waals surface area (Å²) in [4.78, 5) is 24.6. The van der Waals surface area contributed by atoms with Crippen molar-refractivity contribution < 1.29 is 9.59 Å². The molecule has 24 heavy (non-hydrogen) atoms. The smallest absolute Gasteiger partial charge is 0.230 e. The molecule has 0 unspecified atom stereocenters. The summed E-state index contributed by atoms with van der Waals surface area (Å²) in [5.74, 6) is 0.119. The first-order valence-electron chi connectivity index (χ1n) is 7.23. The molecule has 2 N–H and O–H groups in total. The van der Waals surface area contributed by atoms with E-state index in [9.17, 15) is 9.59 Å². The van der Waals surface area contributed by atoms with E-state index in [0.717, 1.165) is 19.5 Å². The number of anilines is 1. The van der Waals surface area contributed by atoms with Crippen LogP contribution in [0.4, 0.5) is 5.69 Å². The Morgan fingerprint density at radius 3 is 2.08 bits per heavy atom. The molecule has 0 bridgehead atoms. The van der Waals surface area contributed by atoms with Gasteiger partial charge < -0.3 is 10.6 Å². The average molecular weight is 472 g/mol. The van der Waals surface area contributed by atoms with Crippen LogP contribution in [0.2, 0.25) is 0 Å². The van der Waals surface area contributed by atoms with Gasteiger partial charge >= 0.3 is 0 Å². The van der Waals surface area contributed by atoms with Crippen LogP contribution < -0.4 is 10.6 Å². The van der Waals surface area contributed by atoms with Crippen molar-refractivity contribution in [1.82, 2.24) is 5.32 Å². The largest absolute Gasteiger partial charge is 0.355 e. The lowest BCUT2D eigenvalue weighted by molar-refractivity contribution is -0.119. The molecule has 2 rings (SSSR count). The number of carbonyl (C=O) groups is 2. The van der Waals surface area contributed by atoms with Crippen LogP contribution in [0.1, 0.15) is 6.42 Å². The van der Waals surface area contributed by atoms with Crippen molar-refractivity contribution >= 4 is 61.1 Å². The maximum absolute atomic E-state index is 11.8.